The van der Waals surface area contributed by atoms with Crippen LogP contribution >= 0.6 is 0 Å². The summed E-state index contributed by atoms with van der Waals surface area (Å²) in [5.41, 5.74) is 2.71. The Kier molecular flexibility index (Phi) is 4.17. The van der Waals surface area contributed by atoms with E-state index >= 15 is 0 Å². The third kappa shape index (κ3) is 3.22. The minimum atomic E-state index is -4.43. The Labute approximate surface area is 114 Å². The Morgan fingerprint density at radius 2 is 2.10 bits per heavy atom. The van der Waals surface area contributed by atoms with Crippen LogP contribution in [-0.2, 0) is 11.2 Å². The number of ether oxygens (including phenoxy) is 1. The Balaban J connectivity index is 2.22. The van der Waals surface area contributed by atoms with Crippen LogP contribution in [0, 0.1) is 0 Å². The maximum Gasteiger partial charge on any atom is 0.406 e. The first-order valence-electron chi connectivity index (χ1n) is 6.16. The van der Waals surface area contributed by atoms with E-state index in [2.05, 4.69) is 5.43 Å². The van der Waals surface area contributed by atoms with Crippen molar-refractivity contribution in [3.63, 3.8) is 0 Å². The zero-order valence-corrected chi connectivity index (χ0v) is 10.9. The highest BCUT2D eigenvalue weighted by atomic mass is 19.4. The molecular weight excluding hydrogens is 273 g/mol. The number of hydrogen-bond acceptors (Lipinski definition) is 3. The fourth-order valence-corrected chi connectivity index (χ4v) is 2.21. The predicted molar refractivity (Wildman–Crippen MR) is 66.0 cm³/mol. The van der Waals surface area contributed by atoms with Gasteiger partial charge in [-0.3, -0.25) is 10.2 Å². The van der Waals surface area contributed by atoms with Gasteiger partial charge in [-0.2, -0.15) is 13.2 Å². The highest BCUT2D eigenvalue weighted by Gasteiger charge is 2.46. The summed E-state index contributed by atoms with van der Waals surface area (Å²) in [5.74, 6) is 0.0200. The number of carbonyl (C=O) groups is 1. The van der Waals surface area contributed by atoms with Crippen LogP contribution in [-0.4, -0.2) is 36.8 Å². The highest BCUT2D eigenvalue weighted by Crippen LogP contribution is 2.30. The number of hydrogen-bond donors (Lipinski definition) is 1. The molecule has 1 saturated heterocycles. The van der Waals surface area contributed by atoms with Crippen LogP contribution in [0.15, 0.2) is 24.3 Å². The van der Waals surface area contributed by atoms with E-state index in [0.717, 1.165) is 5.01 Å². The summed E-state index contributed by atoms with van der Waals surface area (Å²) < 4.78 is 44.6. The molecule has 1 heterocycles. The van der Waals surface area contributed by atoms with Gasteiger partial charge in [0.15, 0.2) is 0 Å². The molecule has 1 aliphatic rings. The maximum absolute atomic E-state index is 13.2. The number of methoxy groups -OCH3 is 1. The largest absolute Gasteiger partial charge is 0.496 e. The lowest BCUT2D eigenvalue weighted by Gasteiger charge is -2.29. The van der Waals surface area contributed by atoms with Crippen molar-refractivity contribution >= 4 is 5.91 Å². The Morgan fingerprint density at radius 1 is 1.40 bits per heavy atom. The number of hydrazine groups is 1. The van der Waals surface area contributed by atoms with Crippen LogP contribution in [0.2, 0.25) is 0 Å². The van der Waals surface area contributed by atoms with Gasteiger partial charge >= 0.3 is 6.18 Å². The molecular formula is C13H15F3N2O2. The number of halogens is 3. The van der Waals surface area contributed by atoms with E-state index in [-0.39, 0.29) is 25.3 Å². The first-order valence-corrected chi connectivity index (χ1v) is 6.16. The van der Waals surface area contributed by atoms with Crippen LogP contribution in [0.4, 0.5) is 13.2 Å². The van der Waals surface area contributed by atoms with Crippen molar-refractivity contribution in [2.45, 2.75) is 25.1 Å². The fraction of sp³-hybridized carbons (Fsp3) is 0.462. The minimum Gasteiger partial charge on any atom is -0.496 e. The van der Waals surface area contributed by atoms with E-state index in [1.54, 1.807) is 24.3 Å². The molecule has 1 atom stereocenters. The lowest BCUT2D eigenvalue weighted by molar-refractivity contribution is -0.188. The summed E-state index contributed by atoms with van der Waals surface area (Å²) in [7, 11) is 1.42. The zero-order chi connectivity index (χ0) is 14.8. The maximum atomic E-state index is 13.2. The Hall–Kier alpha value is -1.76. The SMILES string of the molecule is COc1ccccc1C[C@H](N1CCC(=O)N1)C(F)(F)F. The molecule has 1 aliphatic heterocycles. The van der Waals surface area contributed by atoms with Gasteiger partial charge in [-0.05, 0) is 11.6 Å². The second-order valence-electron chi connectivity index (χ2n) is 4.55. The van der Waals surface area contributed by atoms with Gasteiger partial charge < -0.3 is 4.74 Å². The van der Waals surface area contributed by atoms with E-state index < -0.39 is 12.2 Å². The van der Waals surface area contributed by atoms with Crippen molar-refractivity contribution in [2.24, 2.45) is 0 Å². The molecule has 0 radical (unpaired) electrons. The molecule has 7 heteroatoms. The van der Waals surface area contributed by atoms with E-state index in [0.29, 0.717) is 11.3 Å². The van der Waals surface area contributed by atoms with Crippen molar-refractivity contribution < 1.29 is 22.7 Å². The summed E-state index contributed by atoms with van der Waals surface area (Å²) >= 11 is 0. The number of benzene rings is 1. The molecule has 0 aromatic heterocycles. The number of nitrogens with zero attached hydrogens (tertiary/aromatic N) is 1. The second kappa shape index (κ2) is 5.70. The molecule has 110 valence electrons. The third-order valence-corrected chi connectivity index (χ3v) is 3.21. The third-order valence-electron chi connectivity index (χ3n) is 3.21. The van der Waals surface area contributed by atoms with Gasteiger partial charge in [-0.25, -0.2) is 5.01 Å². The van der Waals surface area contributed by atoms with E-state index in [9.17, 15) is 18.0 Å². The second-order valence-corrected chi connectivity index (χ2v) is 4.55. The number of nitrogens with one attached hydrogen (secondary N) is 1. The molecule has 20 heavy (non-hydrogen) atoms. The molecule has 4 nitrogen and oxygen atoms in total. The van der Waals surface area contributed by atoms with Crippen molar-refractivity contribution in [1.82, 2.24) is 10.4 Å². The molecule has 1 fully saturated rings. The van der Waals surface area contributed by atoms with Crippen LogP contribution in [0.25, 0.3) is 0 Å². The molecule has 0 unspecified atom stereocenters. The molecule has 1 aromatic carbocycles. The summed E-state index contributed by atoms with van der Waals surface area (Å²) in [4.78, 5) is 11.1. The molecule has 0 aliphatic carbocycles. The van der Waals surface area contributed by atoms with E-state index in [1.165, 1.54) is 7.11 Å². The van der Waals surface area contributed by atoms with E-state index in [4.69, 9.17) is 4.74 Å². The molecule has 1 aromatic rings. The van der Waals surface area contributed by atoms with Gasteiger partial charge in [0, 0.05) is 19.4 Å². The van der Waals surface area contributed by atoms with Crippen LogP contribution in [0.5, 0.6) is 5.75 Å². The number of amides is 1. The van der Waals surface area contributed by atoms with Gasteiger partial charge in [-0.1, -0.05) is 18.2 Å². The quantitative estimate of drug-likeness (QED) is 0.920. The molecule has 2 rings (SSSR count). The van der Waals surface area contributed by atoms with Gasteiger partial charge in [-0.15, -0.1) is 0 Å². The molecule has 0 saturated carbocycles. The number of para-hydroxylation sites is 1. The van der Waals surface area contributed by atoms with Crippen molar-refractivity contribution in [3.05, 3.63) is 29.8 Å². The fourth-order valence-electron chi connectivity index (χ4n) is 2.21. The lowest BCUT2D eigenvalue weighted by Crippen LogP contribution is -2.51. The average Bonchev–Trinajstić information content (AvgIpc) is 2.81. The number of rotatable bonds is 4. The first kappa shape index (κ1) is 14.6. The molecule has 1 N–H and O–H groups in total. The highest BCUT2D eigenvalue weighted by molar-refractivity contribution is 5.77. The molecule has 0 spiro atoms. The topological polar surface area (TPSA) is 41.6 Å². The van der Waals surface area contributed by atoms with Gasteiger partial charge in [0.1, 0.15) is 11.8 Å². The Morgan fingerprint density at radius 3 is 2.65 bits per heavy atom. The monoisotopic (exact) mass is 288 g/mol. The summed E-state index contributed by atoms with van der Waals surface area (Å²) in [6, 6.07) is 4.81. The first-order chi connectivity index (χ1) is 9.41. The zero-order valence-electron chi connectivity index (χ0n) is 10.9. The van der Waals surface area contributed by atoms with Crippen molar-refractivity contribution in [2.75, 3.05) is 13.7 Å². The summed E-state index contributed by atoms with van der Waals surface area (Å²) in [5, 5.41) is 0.953. The number of alkyl halides is 3. The minimum absolute atomic E-state index is 0.0537. The predicted octanol–water partition coefficient (Wildman–Crippen LogP) is 1.91. The van der Waals surface area contributed by atoms with E-state index in [1.807, 2.05) is 0 Å². The molecule has 1 amide bonds. The Bertz CT molecular complexity index is 491. The smallest absolute Gasteiger partial charge is 0.406 e. The van der Waals surface area contributed by atoms with Gasteiger partial charge in [0.05, 0.1) is 7.11 Å². The number of carbonyl (C=O) groups excluding carboxylic acids is 1. The van der Waals surface area contributed by atoms with Crippen molar-refractivity contribution in [1.29, 1.82) is 0 Å². The molecule has 0 bridgehead atoms. The van der Waals surface area contributed by atoms with Gasteiger partial charge in [0.25, 0.3) is 0 Å². The normalized spacial score (nSPS) is 17.9. The van der Waals surface area contributed by atoms with Crippen LogP contribution in [0.3, 0.4) is 0 Å². The average molecular weight is 288 g/mol. The van der Waals surface area contributed by atoms with Crippen LogP contribution < -0.4 is 10.2 Å². The standard InChI is InChI=1S/C13H15F3N2O2/c1-20-10-5-3-2-4-9(10)8-11(13(14,15)16)18-7-6-12(19)17-18/h2-5,11H,6-8H2,1H3,(H,17,19)/t11-/m0/s1. The van der Waals surface area contributed by atoms with Crippen LogP contribution in [0.1, 0.15) is 12.0 Å². The lowest BCUT2D eigenvalue weighted by atomic mass is 10.0. The summed E-state index contributed by atoms with van der Waals surface area (Å²) in [6.07, 6.45) is -4.62. The van der Waals surface area contributed by atoms with Crippen molar-refractivity contribution in [3.8, 4) is 5.75 Å². The summed E-state index contributed by atoms with van der Waals surface area (Å²) in [6.45, 7) is 0.0537. The van der Waals surface area contributed by atoms with Gasteiger partial charge in [0.2, 0.25) is 5.91 Å².